The van der Waals surface area contributed by atoms with Gasteiger partial charge in [-0.15, -0.1) is 0 Å². The van der Waals surface area contributed by atoms with Crippen LogP contribution in [-0.4, -0.2) is 36.5 Å². The first-order valence-corrected chi connectivity index (χ1v) is 9.11. The average Bonchev–Trinajstić information content (AvgIpc) is 3.21. The van der Waals surface area contributed by atoms with E-state index < -0.39 is 10.0 Å². The summed E-state index contributed by atoms with van der Waals surface area (Å²) in [5.41, 5.74) is 1.87. The van der Waals surface area contributed by atoms with Crippen molar-refractivity contribution in [3.05, 3.63) is 29.3 Å². The first-order chi connectivity index (χ1) is 9.89. The monoisotopic (exact) mass is 309 g/mol. The molecule has 1 N–H and O–H groups in total. The van der Waals surface area contributed by atoms with Crippen LogP contribution >= 0.6 is 0 Å². The maximum atomic E-state index is 13.0. The van der Waals surface area contributed by atoms with Crippen molar-refractivity contribution in [2.24, 2.45) is 5.92 Å². The molecule has 0 amide bonds. The Hall–Kier alpha value is -0.910. The summed E-state index contributed by atoms with van der Waals surface area (Å²) in [5, 5.41) is 9.88. The van der Waals surface area contributed by atoms with E-state index in [9.17, 15) is 13.5 Å². The van der Waals surface area contributed by atoms with Crippen molar-refractivity contribution < 1.29 is 13.5 Å². The van der Waals surface area contributed by atoms with Crippen LogP contribution in [0.25, 0.3) is 0 Å². The number of sulfonamides is 1. The van der Waals surface area contributed by atoms with Crippen LogP contribution in [0.5, 0.6) is 0 Å². The van der Waals surface area contributed by atoms with Crippen molar-refractivity contribution in [1.82, 2.24) is 4.31 Å². The van der Waals surface area contributed by atoms with Gasteiger partial charge in [0.15, 0.2) is 0 Å². The van der Waals surface area contributed by atoms with Crippen molar-refractivity contribution in [3.63, 3.8) is 0 Å². The lowest BCUT2D eigenvalue weighted by molar-refractivity contribution is 0.0736. The maximum absolute atomic E-state index is 13.0. The van der Waals surface area contributed by atoms with Gasteiger partial charge < -0.3 is 5.11 Å². The van der Waals surface area contributed by atoms with E-state index in [-0.39, 0.29) is 12.1 Å². The molecule has 1 aromatic carbocycles. The molecule has 0 radical (unpaired) electrons. The van der Waals surface area contributed by atoms with Crippen LogP contribution in [0.4, 0.5) is 0 Å². The summed E-state index contributed by atoms with van der Waals surface area (Å²) in [6.45, 7) is 4.25. The van der Waals surface area contributed by atoms with Crippen LogP contribution in [0.1, 0.15) is 36.8 Å². The number of aliphatic hydroxyl groups is 1. The van der Waals surface area contributed by atoms with E-state index >= 15 is 0 Å². The Morgan fingerprint density at radius 1 is 1.19 bits per heavy atom. The normalized spacial score (nSPS) is 27.8. The Labute approximate surface area is 126 Å². The number of benzene rings is 1. The van der Waals surface area contributed by atoms with Crippen LogP contribution in [0.2, 0.25) is 0 Å². The summed E-state index contributed by atoms with van der Waals surface area (Å²) < 4.78 is 27.7. The highest BCUT2D eigenvalue weighted by Crippen LogP contribution is 2.41. The third-order valence-corrected chi connectivity index (χ3v) is 6.73. The summed E-state index contributed by atoms with van der Waals surface area (Å²) in [5.74, 6) is 0.431. The average molecular weight is 309 g/mol. The quantitative estimate of drug-likeness (QED) is 0.931. The molecule has 2 atom stereocenters. The number of nitrogens with zero attached hydrogens (tertiary/aromatic N) is 1. The molecule has 116 valence electrons. The minimum Gasteiger partial charge on any atom is -0.393 e. The van der Waals surface area contributed by atoms with E-state index in [0.29, 0.717) is 30.2 Å². The van der Waals surface area contributed by atoms with Crippen molar-refractivity contribution >= 4 is 10.0 Å². The van der Waals surface area contributed by atoms with Crippen molar-refractivity contribution in [2.75, 3.05) is 6.54 Å². The van der Waals surface area contributed by atoms with Gasteiger partial charge in [-0.05, 0) is 57.1 Å². The minimum atomic E-state index is -3.46. The second-order valence-electron chi connectivity index (χ2n) is 6.47. The van der Waals surface area contributed by atoms with Gasteiger partial charge in [-0.3, -0.25) is 0 Å². The predicted octanol–water partition coefficient (Wildman–Crippen LogP) is 2.23. The van der Waals surface area contributed by atoms with Gasteiger partial charge in [0.25, 0.3) is 0 Å². The van der Waals surface area contributed by atoms with Crippen LogP contribution in [0, 0.1) is 19.8 Å². The standard InChI is InChI=1S/C16H23NO3S/c1-11-3-6-16(12(2)9-11)21(19,20)17-8-7-14(18)10-15(17)13-4-5-13/h3,6,9,13-15,18H,4-5,7-8,10H2,1-2H3. The smallest absolute Gasteiger partial charge is 0.243 e. The van der Waals surface area contributed by atoms with Gasteiger partial charge >= 0.3 is 0 Å². The van der Waals surface area contributed by atoms with E-state index in [0.717, 1.165) is 24.0 Å². The van der Waals surface area contributed by atoms with Crippen molar-refractivity contribution in [2.45, 2.75) is 56.6 Å². The molecule has 3 rings (SSSR count). The highest BCUT2D eigenvalue weighted by atomic mass is 32.2. The lowest BCUT2D eigenvalue weighted by Crippen LogP contribution is -2.48. The molecular formula is C16H23NO3S. The molecule has 21 heavy (non-hydrogen) atoms. The number of piperidine rings is 1. The van der Waals surface area contributed by atoms with Crippen molar-refractivity contribution in [1.29, 1.82) is 0 Å². The molecule has 2 unspecified atom stereocenters. The molecule has 2 fully saturated rings. The van der Waals surface area contributed by atoms with Gasteiger partial charge in [0.2, 0.25) is 10.0 Å². The Morgan fingerprint density at radius 2 is 1.90 bits per heavy atom. The Balaban J connectivity index is 1.96. The van der Waals surface area contributed by atoms with E-state index in [4.69, 9.17) is 0 Å². The molecule has 1 aromatic rings. The lowest BCUT2D eigenvalue weighted by atomic mass is 9.98. The van der Waals surface area contributed by atoms with Crippen molar-refractivity contribution in [3.8, 4) is 0 Å². The number of hydrogen-bond donors (Lipinski definition) is 1. The molecule has 0 spiro atoms. The summed E-state index contributed by atoms with van der Waals surface area (Å²) in [4.78, 5) is 0.412. The number of rotatable bonds is 3. The molecule has 1 aliphatic carbocycles. The molecule has 5 heteroatoms. The molecule has 4 nitrogen and oxygen atoms in total. The Morgan fingerprint density at radius 3 is 2.52 bits per heavy atom. The van der Waals surface area contributed by atoms with Gasteiger partial charge in [-0.2, -0.15) is 4.31 Å². The second-order valence-corrected chi connectivity index (χ2v) is 8.33. The number of hydrogen-bond acceptors (Lipinski definition) is 3. The van der Waals surface area contributed by atoms with E-state index in [1.54, 1.807) is 10.4 Å². The molecular weight excluding hydrogens is 286 g/mol. The van der Waals surface area contributed by atoms with E-state index in [1.807, 2.05) is 26.0 Å². The van der Waals surface area contributed by atoms with Crippen LogP contribution in [0.15, 0.2) is 23.1 Å². The predicted molar refractivity (Wildman–Crippen MR) is 81.6 cm³/mol. The summed E-state index contributed by atoms with van der Waals surface area (Å²) >= 11 is 0. The molecule has 1 saturated carbocycles. The van der Waals surface area contributed by atoms with E-state index in [1.165, 1.54) is 0 Å². The zero-order valence-corrected chi connectivity index (χ0v) is 13.4. The van der Waals surface area contributed by atoms with Crippen LogP contribution < -0.4 is 0 Å². The van der Waals surface area contributed by atoms with Gasteiger partial charge in [-0.25, -0.2) is 8.42 Å². The van der Waals surface area contributed by atoms with Gasteiger partial charge in [0, 0.05) is 12.6 Å². The van der Waals surface area contributed by atoms with Crippen LogP contribution in [0.3, 0.4) is 0 Å². The van der Waals surface area contributed by atoms with Gasteiger partial charge in [0.1, 0.15) is 0 Å². The third-order valence-electron chi connectivity index (χ3n) is 4.65. The van der Waals surface area contributed by atoms with E-state index in [2.05, 4.69) is 0 Å². The summed E-state index contributed by atoms with van der Waals surface area (Å²) in [6, 6.07) is 5.46. The molecule has 1 saturated heterocycles. The first-order valence-electron chi connectivity index (χ1n) is 7.67. The fourth-order valence-corrected chi connectivity index (χ4v) is 5.30. The molecule has 0 aromatic heterocycles. The zero-order valence-electron chi connectivity index (χ0n) is 12.6. The SMILES string of the molecule is Cc1ccc(S(=O)(=O)N2CCC(O)CC2C2CC2)c(C)c1. The second kappa shape index (κ2) is 5.38. The molecule has 0 bridgehead atoms. The first kappa shape index (κ1) is 15.0. The Bertz CT molecular complexity index is 637. The fraction of sp³-hybridized carbons (Fsp3) is 0.625. The molecule has 1 aliphatic heterocycles. The topological polar surface area (TPSA) is 57.6 Å². The summed E-state index contributed by atoms with van der Waals surface area (Å²) in [7, 11) is -3.46. The fourth-order valence-electron chi connectivity index (χ4n) is 3.38. The number of aliphatic hydroxyl groups excluding tert-OH is 1. The van der Waals surface area contributed by atoms with Crippen LogP contribution in [-0.2, 0) is 10.0 Å². The lowest BCUT2D eigenvalue weighted by Gasteiger charge is -2.37. The summed E-state index contributed by atoms with van der Waals surface area (Å²) in [6.07, 6.45) is 2.91. The molecule has 1 heterocycles. The number of aryl methyl sites for hydroxylation is 2. The van der Waals surface area contributed by atoms with Gasteiger partial charge in [0.05, 0.1) is 11.0 Å². The zero-order chi connectivity index (χ0) is 15.2. The highest BCUT2D eigenvalue weighted by molar-refractivity contribution is 7.89. The maximum Gasteiger partial charge on any atom is 0.243 e. The largest absolute Gasteiger partial charge is 0.393 e. The molecule has 2 aliphatic rings. The van der Waals surface area contributed by atoms with Gasteiger partial charge in [-0.1, -0.05) is 17.7 Å². The highest BCUT2D eigenvalue weighted by Gasteiger charge is 2.44. The minimum absolute atomic E-state index is 0.0283. The Kier molecular flexibility index (Phi) is 3.84. The third kappa shape index (κ3) is 2.87.